The van der Waals surface area contributed by atoms with Crippen molar-refractivity contribution in [2.24, 2.45) is 0 Å². The number of hydrogen-bond donors (Lipinski definition) is 18. The van der Waals surface area contributed by atoms with E-state index in [0.29, 0.717) is 0 Å². The molecule has 0 radical (unpaired) electrons. The Kier molecular flexibility index (Phi) is 21.4. The molecule has 30 atom stereocenters. The van der Waals surface area contributed by atoms with Gasteiger partial charge in [0.05, 0.1) is 38.6 Å². The van der Waals surface area contributed by atoms with Crippen LogP contribution in [0.2, 0.25) is 0 Å². The lowest BCUT2D eigenvalue weighted by Crippen LogP contribution is -2.69. The van der Waals surface area contributed by atoms with E-state index in [9.17, 15) is 99.2 Å². The van der Waals surface area contributed by atoms with Gasteiger partial charge < -0.3 is 139 Å². The fraction of sp³-hybridized carbons (Fsp3) is 0.950. The quantitative estimate of drug-likeness (QED) is 0.0567. The van der Waals surface area contributed by atoms with Crippen molar-refractivity contribution in [3.05, 3.63) is 0 Å². The Bertz CT molecular complexity index is 1970. The molecule has 6 fully saturated rings. The highest BCUT2D eigenvalue weighted by atomic mass is 32.3. The fourth-order valence-electron chi connectivity index (χ4n) is 9.21. The minimum absolute atomic E-state index is 0.834. The number of carbonyl (C=O) groups excluding carboxylic acids is 2. The van der Waals surface area contributed by atoms with Gasteiger partial charge in [0.2, 0.25) is 11.8 Å². The normalized spacial score (nSPS) is 49.0. The SMILES string of the molecule is CC(=O)N[C@@H]1[C@@H](O[C@@H]2O[C@H](CO)[C@H](O)[C@H](O)[C@H]2O[C@@H]2O[C@@H](C)[C@@H](O)[C@@H](O)[C@@H]2O)[C@@H](O)[C@@H](CO[C@@H]2O[C@H](COS(=O)(=O)O)[C@@H](O[C@@H]3O[C@H](CO)[C@H](O)[C@H](O)[C@H]3O[C@@H]3O[C@@H](C)[C@@H](O)[C@@H](O)[C@@H]3O)[C@H](O)[C@H]2NC(C)=O)O[C@@H]1O. The zero-order valence-electron chi connectivity index (χ0n) is 40.2. The Balaban J connectivity index is 1.26. The second-order valence-corrected chi connectivity index (χ2v) is 19.9. The number of ether oxygens (including phenoxy) is 11. The Morgan fingerprint density at radius 3 is 1.31 bits per heavy atom. The molecule has 18 N–H and O–H groups in total. The average Bonchev–Trinajstić information content (AvgIpc) is 3.34. The summed E-state index contributed by atoms with van der Waals surface area (Å²) in [6.45, 7) is 0.384. The molecule has 75 heavy (non-hydrogen) atoms. The van der Waals surface area contributed by atoms with Crippen LogP contribution < -0.4 is 10.6 Å². The van der Waals surface area contributed by atoms with Crippen LogP contribution in [-0.2, 0) is 76.3 Å². The summed E-state index contributed by atoms with van der Waals surface area (Å²) in [5.74, 6) is -1.73. The van der Waals surface area contributed by atoms with Crippen molar-refractivity contribution in [3.63, 3.8) is 0 Å². The summed E-state index contributed by atoms with van der Waals surface area (Å²) in [4.78, 5) is 25.1. The summed E-state index contributed by atoms with van der Waals surface area (Å²) in [6, 6.07) is -3.57. The lowest BCUT2D eigenvalue weighted by molar-refractivity contribution is -0.385. The summed E-state index contributed by atoms with van der Waals surface area (Å²) < 4.78 is 101. The van der Waals surface area contributed by atoms with Gasteiger partial charge in [-0.3, -0.25) is 14.1 Å². The van der Waals surface area contributed by atoms with Crippen molar-refractivity contribution in [1.29, 1.82) is 0 Å². The Morgan fingerprint density at radius 1 is 0.440 bits per heavy atom. The standard InChI is InChI=1S/C40H68N2O32S/c1-9-19(47)25(53)29(57)37(65-9)73-33-27(55)21(49)13(5-43)68-39(33)71-31-16(8-64-75(60,61)62)70-36(17(24(31)52)41-11(3)45)63-7-15-23(51)32(18(35(59)67-15)42-12(4)46)72-40-34(28(56)22(50)14(6-44)69-40)74-38-30(58)26(54)20(48)10(2)66-38/h9-10,13-40,43-44,47-59H,5-8H2,1-4H3,(H,41,45)(H,42,46)(H,60,61,62)/t9-,10-,13+,14+,15+,16+,17+,18+,19+,20+,21-,22-,23-,24+,25+,26+,27-,28-,29-,30-,31+,32+,33+,34+,35-,36+,37-,38-,39-,40-/m0/s1. The molecule has 0 spiro atoms. The van der Waals surface area contributed by atoms with Crippen molar-refractivity contribution >= 4 is 22.2 Å². The van der Waals surface area contributed by atoms with E-state index < -0.39 is 233 Å². The van der Waals surface area contributed by atoms with Crippen LogP contribution in [0.25, 0.3) is 0 Å². The first-order valence-corrected chi connectivity index (χ1v) is 24.8. The van der Waals surface area contributed by atoms with E-state index in [4.69, 9.17) is 52.1 Å². The molecule has 6 saturated heterocycles. The Morgan fingerprint density at radius 2 is 0.867 bits per heavy atom. The maximum Gasteiger partial charge on any atom is 0.397 e. The third kappa shape index (κ3) is 14.2. The van der Waals surface area contributed by atoms with Gasteiger partial charge >= 0.3 is 10.4 Å². The number of hydrogen-bond acceptors (Lipinski definition) is 31. The zero-order valence-corrected chi connectivity index (χ0v) is 41.1. The Hall–Kier alpha value is -2.23. The molecule has 0 aromatic heterocycles. The van der Waals surface area contributed by atoms with Gasteiger partial charge in [-0.05, 0) is 13.8 Å². The maximum atomic E-state index is 12.7. The topological polar surface area (TPSA) is 527 Å². The smallest absolute Gasteiger partial charge is 0.394 e. The van der Waals surface area contributed by atoms with Gasteiger partial charge in [-0.25, -0.2) is 4.18 Å². The summed E-state index contributed by atoms with van der Waals surface area (Å²) >= 11 is 0. The van der Waals surface area contributed by atoms with Gasteiger partial charge in [-0.2, -0.15) is 8.42 Å². The zero-order chi connectivity index (χ0) is 55.7. The summed E-state index contributed by atoms with van der Waals surface area (Å²) in [5.41, 5.74) is 0. The minimum Gasteiger partial charge on any atom is -0.394 e. The molecular weight excluding hydrogens is 1050 g/mol. The molecular formula is C40H68N2O32S. The van der Waals surface area contributed by atoms with Crippen LogP contribution in [-0.4, -0.2) is 312 Å². The van der Waals surface area contributed by atoms with Gasteiger partial charge in [0.25, 0.3) is 0 Å². The number of aliphatic hydroxyl groups excluding tert-OH is 15. The van der Waals surface area contributed by atoms with Gasteiger partial charge in [-0.1, -0.05) is 0 Å². The van der Waals surface area contributed by atoms with Crippen LogP contribution in [0.15, 0.2) is 0 Å². The molecule has 0 aromatic carbocycles. The summed E-state index contributed by atoms with van der Waals surface area (Å²) in [7, 11) is -5.34. The highest BCUT2D eigenvalue weighted by molar-refractivity contribution is 7.80. The van der Waals surface area contributed by atoms with Crippen LogP contribution in [0.4, 0.5) is 0 Å². The molecule has 436 valence electrons. The minimum atomic E-state index is -5.34. The fourth-order valence-corrected chi connectivity index (χ4v) is 9.52. The van der Waals surface area contributed by atoms with Gasteiger partial charge in [0.15, 0.2) is 37.7 Å². The van der Waals surface area contributed by atoms with E-state index >= 15 is 0 Å². The van der Waals surface area contributed by atoms with Crippen molar-refractivity contribution < 1.29 is 155 Å². The van der Waals surface area contributed by atoms with Gasteiger partial charge in [0.1, 0.15) is 134 Å². The van der Waals surface area contributed by atoms with E-state index in [1.54, 1.807) is 0 Å². The molecule has 6 aliphatic heterocycles. The van der Waals surface area contributed by atoms with Crippen LogP contribution in [0, 0.1) is 0 Å². The number of nitrogens with one attached hydrogen (secondary N) is 2. The van der Waals surface area contributed by atoms with Gasteiger partial charge in [0, 0.05) is 13.8 Å². The van der Waals surface area contributed by atoms with E-state index in [2.05, 4.69) is 14.8 Å². The van der Waals surface area contributed by atoms with Crippen molar-refractivity contribution in [2.75, 3.05) is 26.4 Å². The van der Waals surface area contributed by atoms with Crippen LogP contribution in [0.5, 0.6) is 0 Å². The highest BCUT2D eigenvalue weighted by Gasteiger charge is 2.57. The van der Waals surface area contributed by atoms with Crippen LogP contribution in [0.3, 0.4) is 0 Å². The molecule has 2 amide bonds. The molecule has 6 rings (SSSR count). The molecule has 0 aromatic rings. The highest BCUT2D eigenvalue weighted by Crippen LogP contribution is 2.36. The molecule has 0 bridgehead atoms. The molecule has 34 nitrogen and oxygen atoms in total. The predicted molar refractivity (Wildman–Crippen MR) is 230 cm³/mol. The average molecular weight is 1120 g/mol. The van der Waals surface area contributed by atoms with Crippen molar-refractivity contribution in [1.82, 2.24) is 10.6 Å². The second-order valence-electron chi connectivity index (χ2n) is 18.8. The van der Waals surface area contributed by atoms with E-state index in [1.165, 1.54) is 13.8 Å². The van der Waals surface area contributed by atoms with E-state index in [1.807, 2.05) is 0 Å². The van der Waals surface area contributed by atoms with Crippen LogP contribution in [0.1, 0.15) is 27.7 Å². The largest absolute Gasteiger partial charge is 0.397 e. The third-order valence-electron chi connectivity index (χ3n) is 13.3. The molecule has 0 unspecified atom stereocenters. The van der Waals surface area contributed by atoms with E-state index in [0.717, 1.165) is 13.8 Å². The lowest BCUT2D eigenvalue weighted by Gasteiger charge is -2.50. The maximum absolute atomic E-state index is 12.7. The third-order valence-corrected chi connectivity index (χ3v) is 13.8. The molecule has 35 heteroatoms. The second kappa shape index (κ2) is 25.9. The first-order chi connectivity index (χ1) is 35.1. The monoisotopic (exact) mass is 1120 g/mol. The first-order valence-electron chi connectivity index (χ1n) is 23.5. The van der Waals surface area contributed by atoms with Crippen molar-refractivity contribution in [3.8, 4) is 0 Å². The summed E-state index contributed by atoms with van der Waals surface area (Å²) in [5, 5.41) is 166. The van der Waals surface area contributed by atoms with Crippen molar-refractivity contribution in [2.45, 2.75) is 212 Å². The van der Waals surface area contributed by atoms with Crippen LogP contribution >= 0.6 is 0 Å². The number of carbonyl (C=O) groups is 2. The van der Waals surface area contributed by atoms with E-state index in [-0.39, 0.29) is 0 Å². The molecule has 0 saturated carbocycles. The molecule has 6 heterocycles. The number of amides is 2. The predicted octanol–water partition coefficient (Wildman–Crippen LogP) is -11.9. The molecule has 0 aliphatic carbocycles. The Labute approximate surface area is 425 Å². The number of rotatable bonds is 18. The lowest BCUT2D eigenvalue weighted by atomic mass is 9.94. The van der Waals surface area contributed by atoms with Gasteiger partial charge in [-0.15, -0.1) is 0 Å². The number of aliphatic hydroxyl groups is 15. The summed E-state index contributed by atoms with van der Waals surface area (Å²) in [6.07, 6.45) is -52.7. The molecule has 6 aliphatic rings. The first kappa shape index (κ1) is 62.0.